The zero-order valence-corrected chi connectivity index (χ0v) is 20.0. The molecule has 4 amide bonds. The lowest BCUT2D eigenvalue weighted by Crippen LogP contribution is -2.44. The van der Waals surface area contributed by atoms with Gasteiger partial charge in [0.25, 0.3) is 5.91 Å². The van der Waals surface area contributed by atoms with Gasteiger partial charge in [0.2, 0.25) is 5.91 Å². The number of hydrogen-bond donors (Lipinski definition) is 1. The molecule has 4 rings (SSSR count). The summed E-state index contributed by atoms with van der Waals surface area (Å²) in [6.07, 6.45) is 0. The van der Waals surface area contributed by atoms with Crippen molar-refractivity contribution in [1.29, 1.82) is 0 Å². The summed E-state index contributed by atoms with van der Waals surface area (Å²) in [7, 11) is 0. The average Bonchev–Trinajstić information content (AvgIpc) is 3.03. The first-order valence-electron chi connectivity index (χ1n) is 10.7. The van der Waals surface area contributed by atoms with E-state index < -0.39 is 17.5 Å². The molecule has 3 aromatic carbocycles. The SMILES string of the molecule is C[C@]1(c2ccc(Cl)cc2Cl)NC(=O)N(CC(=O)N(Cc2ccccc2)Cc2ccccc2)C1=O. The van der Waals surface area contributed by atoms with Crippen LogP contribution in [-0.2, 0) is 28.2 Å². The Hall–Kier alpha value is -3.35. The Bertz CT molecular complexity index is 1180. The fraction of sp³-hybridized carbons (Fsp3) is 0.192. The van der Waals surface area contributed by atoms with Crippen LogP contribution >= 0.6 is 23.2 Å². The number of rotatable bonds is 7. The number of hydrogen-bond acceptors (Lipinski definition) is 3. The molecule has 34 heavy (non-hydrogen) atoms. The van der Waals surface area contributed by atoms with Gasteiger partial charge in [0, 0.05) is 28.7 Å². The number of amides is 4. The first kappa shape index (κ1) is 23.8. The van der Waals surface area contributed by atoms with Crippen molar-refractivity contribution in [3.63, 3.8) is 0 Å². The quantitative estimate of drug-likeness (QED) is 0.469. The molecule has 3 aromatic rings. The van der Waals surface area contributed by atoms with E-state index in [0.717, 1.165) is 16.0 Å². The zero-order chi connectivity index (χ0) is 24.3. The van der Waals surface area contributed by atoms with Crippen molar-refractivity contribution in [3.05, 3.63) is 106 Å². The summed E-state index contributed by atoms with van der Waals surface area (Å²) in [6.45, 7) is 1.88. The van der Waals surface area contributed by atoms with Crippen LogP contribution in [0, 0.1) is 0 Å². The lowest BCUT2D eigenvalue weighted by molar-refractivity contribution is -0.139. The normalized spacial score (nSPS) is 17.6. The third-order valence-electron chi connectivity index (χ3n) is 5.82. The number of benzene rings is 3. The minimum atomic E-state index is -1.40. The Labute approximate surface area is 208 Å². The molecule has 0 aromatic heterocycles. The first-order valence-corrected chi connectivity index (χ1v) is 11.5. The van der Waals surface area contributed by atoms with Crippen molar-refractivity contribution in [3.8, 4) is 0 Å². The summed E-state index contributed by atoms with van der Waals surface area (Å²) >= 11 is 12.3. The van der Waals surface area contributed by atoms with E-state index in [1.165, 1.54) is 6.07 Å². The Morgan fingerprint density at radius 2 is 1.47 bits per heavy atom. The molecule has 174 valence electrons. The van der Waals surface area contributed by atoms with E-state index in [4.69, 9.17) is 23.2 Å². The molecule has 0 bridgehead atoms. The van der Waals surface area contributed by atoms with Crippen LogP contribution < -0.4 is 5.32 Å². The second-order valence-electron chi connectivity index (χ2n) is 8.29. The van der Waals surface area contributed by atoms with Gasteiger partial charge < -0.3 is 10.2 Å². The Balaban J connectivity index is 1.56. The standard InChI is InChI=1S/C26H23Cl2N3O3/c1-26(21-13-12-20(27)14-22(21)28)24(33)31(25(34)29-26)17-23(32)30(15-18-8-4-2-5-9-18)16-19-10-6-3-7-11-19/h2-14H,15-17H2,1H3,(H,29,34)/t26-/m1/s1. The Morgan fingerprint density at radius 1 is 0.912 bits per heavy atom. The summed E-state index contributed by atoms with van der Waals surface area (Å²) in [5.41, 5.74) is 0.906. The summed E-state index contributed by atoms with van der Waals surface area (Å²) in [4.78, 5) is 42.1. The summed E-state index contributed by atoms with van der Waals surface area (Å²) in [5, 5.41) is 3.36. The minimum absolute atomic E-state index is 0.256. The van der Waals surface area contributed by atoms with E-state index in [9.17, 15) is 14.4 Å². The van der Waals surface area contributed by atoms with Crippen LogP contribution in [0.15, 0.2) is 78.9 Å². The van der Waals surface area contributed by atoms with Gasteiger partial charge in [0.1, 0.15) is 12.1 Å². The van der Waals surface area contributed by atoms with E-state index in [-0.39, 0.29) is 17.5 Å². The number of urea groups is 1. The maximum Gasteiger partial charge on any atom is 0.325 e. The molecule has 6 nitrogen and oxygen atoms in total. The number of carbonyl (C=O) groups excluding carboxylic acids is 3. The molecule has 1 fully saturated rings. The van der Waals surface area contributed by atoms with Crippen LogP contribution in [0.4, 0.5) is 4.79 Å². The predicted octanol–water partition coefficient (Wildman–Crippen LogP) is 4.99. The van der Waals surface area contributed by atoms with Gasteiger partial charge in [-0.15, -0.1) is 0 Å². The highest BCUT2D eigenvalue weighted by molar-refractivity contribution is 6.35. The fourth-order valence-electron chi connectivity index (χ4n) is 3.99. The molecule has 1 saturated heterocycles. The van der Waals surface area contributed by atoms with Gasteiger partial charge in [0.05, 0.1) is 0 Å². The van der Waals surface area contributed by atoms with Crippen LogP contribution in [0.2, 0.25) is 10.0 Å². The van der Waals surface area contributed by atoms with Gasteiger partial charge >= 0.3 is 6.03 Å². The van der Waals surface area contributed by atoms with Crippen LogP contribution in [0.1, 0.15) is 23.6 Å². The monoisotopic (exact) mass is 495 g/mol. The third kappa shape index (κ3) is 4.93. The molecule has 0 aliphatic carbocycles. The summed E-state index contributed by atoms with van der Waals surface area (Å²) in [6, 6.07) is 23.2. The minimum Gasteiger partial charge on any atom is -0.332 e. The molecule has 0 unspecified atom stereocenters. The molecule has 1 aliphatic heterocycles. The fourth-order valence-corrected chi connectivity index (χ4v) is 4.59. The largest absolute Gasteiger partial charge is 0.332 e. The van der Waals surface area contributed by atoms with Gasteiger partial charge in [-0.1, -0.05) is 89.9 Å². The molecular weight excluding hydrogens is 473 g/mol. The lowest BCUT2D eigenvalue weighted by atomic mass is 9.92. The number of halogens is 2. The van der Waals surface area contributed by atoms with E-state index in [1.54, 1.807) is 24.0 Å². The highest BCUT2D eigenvalue weighted by atomic mass is 35.5. The number of nitrogens with zero attached hydrogens (tertiary/aromatic N) is 2. The molecule has 0 spiro atoms. The highest BCUT2D eigenvalue weighted by Crippen LogP contribution is 2.35. The molecule has 1 N–H and O–H groups in total. The van der Waals surface area contributed by atoms with E-state index in [1.807, 2.05) is 60.7 Å². The van der Waals surface area contributed by atoms with E-state index in [0.29, 0.717) is 23.7 Å². The number of imide groups is 1. The predicted molar refractivity (Wildman–Crippen MR) is 131 cm³/mol. The van der Waals surface area contributed by atoms with Gasteiger partial charge in [-0.25, -0.2) is 4.79 Å². The van der Waals surface area contributed by atoms with E-state index >= 15 is 0 Å². The second-order valence-corrected chi connectivity index (χ2v) is 9.14. The topological polar surface area (TPSA) is 69.7 Å². The van der Waals surface area contributed by atoms with Gasteiger partial charge in [-0.2, -0.15) is 0 Å². The van der Waals surface area contributed by atoms with Crippen molar-refractivity contribution >= 4 is 41.0 Å². The number of carbonyl (C=O) groups is 3. The maximum absolute atomic E-state index is 13.4. The van der Waals surface area contributed by atoms with Crippen LogP contribution in [0.25, 0.3) is 0 Å². The lowest BCUT2D eigenvalue weighted by Gasteiger charge is -2.26. The molecule has 8 heteroatoms. The number of nitrogens with one attached hydrogen (secondary N) is 1. The Kier molecular flexibility index (Phi) is 6.91. The van der Waals surface area contributed by atoms with Crippen molar-refractivity contribution in [2.24, 2.45) is 0 Å². The van der Waals surface area contributed by atoms with Gasteiger partial charge in [0.15, 0.2) is 0 Å². The van der Waals surface area contributed by atoms with Crippen LogP contribution in [-0.4, -0.2) is 34.2 Å². The molecule has 0 saturated carbocycles. The molecule has 0 radical (unpaired) electrons. The van der Waals surface area contributed by atoms with Crippen molar-refractivity contribution in [1.82, 2.24) is 15.1 Å². The third-order valence-corrected chi connectivity index (χ3v) is 6.37. The van der Waals surface area contributed by atoms with Crippen molar-refractivity contribution in [2.75, 3.05) is 6.54 Å². The molecular formula is C26H23Cl2N3O3. The van der Waals surface area contributed by atoms with Crippen molar-refractivity contribution in [2.45, 2.75) is 25.6 Å². The average molecular weight is 496 g/mol. The zero-order valence-electron chi connectivity index (χ0n) is 18.5. The summed E-state index contributed by atoms with van der Waals surface area (Å²) in [5.74, 6) is -0.892. The summed E-state index contributed by atoms with van der Waals surface area (Å²) < 4.78 is 0. The molecule has 1 aliphatic rings. The van der Waals surface area contributed by atoms with Gasteiger partial charge in [-0.3, -0.25) is 14.5 Å². The highest BCUT2D eigenvalue weighted by Gasteiger charge is 2.50. The first-order chi connectivity index (χ1) is 16.3. The van der Waals surface area contributed by atoms with Crippen LogP contribution in [0.3, 0.4) is 0 Å². The van der Waals surface area contributed by atoms with Crippen molar-refractivity contribution < 1.29 is 14.4 Å². The smallest absolute Gasteiger partial charge is 0.325 e. The van der Waals surface area contributed by atoms with Crippen LogP contribution in [0.5, 0.6) is 0 Å². The Morgan fingerprint density at radius 3 is 2.00 bits per heavy atom. The second kappa shape index (κ2) is 9.87. The van der Waals surface area contributed by atoms with Gasteiger partial charge in [-0.05, 0) is 30.2 Å². The van der Waals surface area contributed by atoms with E-state index in [2.05, 4.69) is 5.32 Å². The molecule has 1 heterocycles. The molecule has 1 atom stereocenters. The maximum atomic E-state index is 13.4.